The normalized spacial score (nSPS) is 11.9. The summed E-state index contributed by atoms with van der Waals surface area (Å²) >= 11 is 1.58. The number of hydrogen-bond acceptors (Lipinski definition) is 6. The van der Waals surface area contributed by atoms with Gasteiger partial charge in [-0.25, -0.2) is 18.1 Å². The number of hydrogen-bond donors (Lipinski definition) is 3. The first-order valence-electron chi connectivity index (χ1n) is 5.44. The van der Waals surface area contributed by atoms with Crippen LogP contribution < -0.4 is 10.5 Å². The molecule has 0 aromatic carbocycles. The van der Waals surface area contributed by atoms with Crippen LogP contribution in [0.1, 0.15) is 6.42 Å². The van der Waals surface area contributed by atoms with Crippen LogP contribution in [0.3, 0.4) is 0 Å². The second-order valence-corrected chi connectivity index (χ2v) is 6.54. The van der Waals surface area contributed by atoms with E-state index in [1.54, 1.807) is 18.8 Å². The van der Waals surface area contributed by atoms with Crippen molar-refractivity contribution in [1.82, 2.24) is 14.3 Å². The zero-order chi connectivity index (χ0) is 13.6. The highest BCUT2D eigenvalue weighted by atomic mass is 32.2. The molecule has 0 atom stereocenters. The molecule has 9 heteroatoms. The molecule has 0 radical (unpaired) electrons. The Hall–Kier alpha value is -0.770. The molecule has 1 aromatic rings. The number of nitrogen functional groups attached to an aromatic ring is 1. The summed E-state index contributed by atoms with van der Waals surface area (Å²) in [6.07, 6.45) is 2.08. The number of aromatic nitrogens is 2. The minimum absolute atomic E-state index is 0.00191. The van der Waals surface area contributed by atoms with Crippen molar-refractivity contribution in [3.8, 4) is 0 Å². The molecule has 0 aliphatic rings. The first-order chi connectivity index (χ1) is 8.49. The van der Waals surface area contributed by atoms with Gasteiger partial charge in [0.05, 0.1) is 6.33 Å². The standard InChI is InChI=1S/C9H18N4O3S2/c1-13-7-11-8(10)9(13)18(15,16)12-3-6-17-5-2-4-14/h7,12,14H,2-6,10H2,1H3. The van der Waals surface area contributed by atoms with Crippen LogP contribution in [0.2, 0.25) is 0 Å². The summed E-state index contributed by atoms with van der Waals surface area (Å²) in [4.78, 5) is 3.74. The quantitative estimate of drug-likeness (QED) is 0.552. The van der Waals surface area contributed by atoms with Crippen molar-refractivity contribution in [3.05, 3.63) is 6.33 Å². The SMILES string of the molecule is Cn1cnc(N)c1S(=O)(=O)NCCSCCCO. The van der Waals surface area contributed by atoms with Crippen LogP contribution in [0.5, 0.6) is 0 Å². The van der Waals surface area contributed by atoms with Crippen molar-refractivity contribution in [3.63, 3.8) is 0 Å². The number of nitrogens with two attached hydrogens (primary N) is 1. The summed E-state index contributed by atoms with van der Waals surface area (Å²) < 4.78 is 27.7. The van der Waals surface area contributed by atoms with Gasteiger partial charge in [0, 0.05) is 26.0 Å². The van der Waals surface area contributed by atoms with Crippen LogP contribution in [0.4, 0.5) is 5.82 Å². The number of nitrogens with one attached hydrogen (secondary N) is 1. The molecule has 1 heterocycles. The highest BCUT2D eigenvalue weighted by Gasteiger charge is 2.21. The summed E-state index contributed by atoms with van der Waals surface area (Å²) in [5, 5.41) is 8.58. The number of rotatable bonds is 8. The molecule has 1 rings (SSSR count). The fourth-order valence-electron chi connectivity index (χ4n) is 1.35. The molecule has 0 amide bonds. The largest absolute Gasteiger partial charge is 0.396 e. The Bertz CT molecular complexity index is 453. The van der Waals surface area contributed by atoms with E-state index in [0.717, 1.165) is 5.75 Å². The van der Waals surface area contributed by atoms with Gasteiger partial charge in [0.25, 0.3) is 10.0 Å². The summed E-state index contributed by atoms with van der Waals surface area (Å²) in [7, 11) is -2.03. The van der Waals surface area contributed by atoms with E-state index in [0.29, 0.717) is 18.7 Å². The molecule has 0 aliphatic carbocycles. The number of aliphatic hydroxyl groups is 1. The number of aryl methyl sites for hydroxylation is 1. The molecular formula is C9H18N4O3S2. The maximum absolute atomic E-state index is 11.9. The number of aliphatic hydroxyl groups excluding tert-OH is 1. The zero-order valence-corrected chi connectivity index (χ0v) is 11.8. The number of nitrogens with zero attached hydrogens (tertiary/aromatic N) is 2. The number of anilines is 1. The van der Waals surface area contributed by atoms with Gasteiger partial charge in [-0.15, -0.1) is 0 Å². The van der Waals surface area contributed by atoms with E-state index < -0.39 is 10.0 Å². The Balaban J connectivity index is 2.46. The summed E-state index contributed by atoms with van der Waals surface area (Å²) in [5.74, 6) is 1.46. The molecule has 0 aliphatic heterocycles. The van der Waals surface area contributed by atoms with Crippen LogP contribution >= 0.6 is 11.8 Å². The van der Waals surface area contributed by atoms with Gasteiger partial charge in [-0.2, -0.15) is 11.8 Å². The first-order valence-corrected chi connectivity index (χ1v) is 8.08. The van der Waals surface area contributed by atoms with Gasteiger partial charge in [0.2, 0.25) is 0 Å². The molecule has 0 fully saturated rings. The third-order valence-electron chi connectivity index (χ3n) is 2.15. The molecule has 1 aromatic heterocycles. The van der Waals surface area contributed by atoms with Gasteiger partial charge >= 0.3 is 0 Å². The van der Waals surface area contributed by atoms with Crippen LogP contribution in [0.25, 0.3) is 0 Å². The van der Waals surface area contributed by atoms with Gasteiger partial charge in [-0.1, -0.05) is 0 Å². The van der Waals surface area contributed by atoms with Crippen molar-refractivity contribution < 1.29 is 13.5 Å². The maximum Gasteiger partial charge on any atom is 0.260 e. The van der Waals surface area contributed by atoms with Crippen LogP contribution in [-0.2, 0) is 17.1 Å². The highest BCUT2D eigenvalue weighted by molar-refractivity contribution is 7.99. The minimum atomic E-state index is -3.61. The monoisotopic (exact) mass is 294 g/mol. The first kappa shape index (κ1) is 15.3. The molecule has 0 saturated carbocycles. The fraction of sp³-hybridized carbons (Fsp3) is 0.667. The average Bonchev–Trinajstić information content (AvgIpc) is 2.64. The van der Waals surface area contributed by atoms with E-state index in [1.165, 1.54) is 10.9 Å². The zero-order valence-electron chi connectivity index (χ0n) is 10.2. The van der Waals surface area contributed by atoms with Crippen molar-refractivity contribution in [2.75, 3.05) is 30.4 Å². The predicted molar refractivity (Wildman–Crippen MR) is 71.8 cm³/mol. The Morgan fingerprint density at radius 3 is 2.83 bits per heavy atom. The van der Waals surface area contributed by atoms with Crippen molar-refractivity contribution in [2.45, 2.75) is 11.4 Å². The van der Waals surface area contributed by atoms with Gasteiger partial charge in [0.1, 0.15) is 0 Å². The van der Waals surface area contributed by atoms with Crippen molar-refractivity contribution in [2.24, 2.45) is 7.05 Å². The van der Waals surface area contributed by atoms with Crippen LogP contribution in [-0.4, -0.2) is 47.7 Å². The van der Waals surface area contributed by atoms with E-state index in [9.17, 15) is 8.42 Å². The molecule has 0 spiro atoms. The second kappa shape index (κ2) is 6.98. The van der Waals surface area contributed by atoms with Crippen molar-refractivity contribution >= 4 is 27.6 Å². The Kier molecular flexibility index (Phi) is 5.93. The number of thioether (sulfide) groups is 1. The predicted octanol–water partition coefficient (Wildman–Crippen LogP) is -0.604. The molecule has 18 heavy (non-hydrogen) atoms. The molecule has 0 saturated heterocycles. The van der Waals surface area contributed by atoms with Gasteiger partial charge < -0.3 is 15.4 Å². The third-order valence-corrected chi connectivity index (χ3v) is 4.81. The summed E-state index contributed by atoms with van der Waals surface area (Å²) in [6, 6.07) is 0. The van der Waals surface area contributed by atoms with Crippen LogP contribution in [0.15, 0.2) is 11.4 Å². The lowest BCUT2D eigenvalue weighted by molar-refractivity contribution is 0.296. The lowest BCUT2D eigenvalue weighted by Gasteiger charge is -2.07. The average molecular weight is 294 g/mol. The molecule has 7 nitrogen and oxygen atoms in total. The smallest absolute Gasteiger partial charge is 0.260 e. The second-order valence-electron chi connectivity index (χ2n) is 3.63. The Morgan fingerprint density at radius 1 is 1.56 bits per heavy atom. The van der Waals surface area contributed by atoms with E-state index >= 15 is 0 Å². The molecule has 4 N–H and O–H groups in total. The lowest BCUT2D eigenvalue weighted by Crippen LogP contribution is -2.28. The van der Waals surface area contributed by atoms with E-state index in [-0.39, 0.29) is 17.5 Å². The molecule has 104 valence electrons. The van der Waals surface area contributed by atoms with E-state index in [1.807, 2.05) is 0 Å². The van der Waals surface area contributed by atoms with Gasteiger partial charge in [-0.05, 0) is 12.2 Å². The van der Waals surface area contributed by atoms with Gasteiger partial charge in [0.15, 0.2) is 10.8 Å². The third kappa shape index (κ3) is 4.16. The summed E-state index contributed by atoms with van der Waals surface area (Å²) in [6.45, 7) is 0.479. The van der Waals surface area contributed by atoms with Crippen LogP contribution in [0, 0.1) is 0 Å². The highest BCUT2D eigenvalue weighted by Crippen LogP contribution is 2.14. The maximum atomic E-state index is 11.9. The Morgan fingerprint density at radius 2 is 2.28 bits per heavy atom. The van der Waals surface area contributed by atoms with Gasteiger partial charge in [-0.3, -0.25) is 0 Å². The number of imidazole rings is 1. The Labute approximate surface area is 111 Å². The topological polar surface area (TPSA) is 110 Å². The summed E-state index contributed by atoms with van der Waals surface area (Å²) in [5.41, 5.74) is 5.51. The fourth-order valence-corrected chi connectivity index (χ4v) is 3.52. The number of sulfonamides is 1. The van der Waals surface area contributed by atoms with E-state index in [2.05, 4.69) is 9.71 Å². The molecule has 0 bridgehead atoms. The lowest BCUT2D eigenvalue weighted by atomic mass is 10.5. The molecule has 0 unspecified atom stereocenters. The van der Waals surface area contributed by atoms with Crippen molar-refractivity contribution in [1.29, 1.82) is 0 Å². The molecular weight excluding hydrogens is 276 g/mol. The van der Waals surface area contributed by atoms with E-state index in [4.69, 9.17) is 10.8 Å². The minimum Gasteiger partial charge on any atom is -0.396 e.